The first kappa shape index (κ1) is 78.7. The molecule has 0 aliphatic carbocycles. The van der Waals surface area contributed by atoms with Crippen LogP contribution in [-0.4, -0.2) is 68.5 Å². The second-order valence-electron chi connectivity index (χ2n) is 24.5. The van der Waals surface area contributed by atoms with Gasteiger partial charge in [-0.2, -0.15) is 0 Å². The Labute approximate surface area is 503 Å². The second-order valence-corrected chi connectivity index (χ2v) is 25.9. The molecule has 0 aromatic heterocycles. The largest absolute Gasteiger partial charge is 0.756 e. The summed E-state index contributed by atoms with van der Waals surface area (Å²) in [5.41, 5.74) is 0. The Morgan fingerprint density at radius 2 is 0.753 bits per heavy atom. The highest BCUT2D eigenvalue weighted by Gasteiger charge is 2.23. The molecular formula is C72H133N2O6P. The maximum absolute atomic E-state index is 13.0. The van der Waals surface area contributed by atoms with E-state index >= 15 is 0 Å². The minimum absolute atomic E-state index is 0.00617. The third-order valence-electron chi connectivity index (χ3n) is 15.4. The molecule has 0 heterocycles. The summed E-state index contributed by atoms with van der Waals surface area (Å²) < 4.78 is 23.4. The normalized spacial score (nSPS) is 14.2. The van der Waals surface area contributed by atoms with Gasteiger partial charge >= 0.3 is 0 Å². The van der Waals surface area contributed by atoms with Crippen molar-refractivity contribution in [3.8, 4) is 0 Å². The van der Waals surface area contributed by atoms with E-state index in [9.17, 15) is 19.4 Å². The first-order valence-corrected chi connectivity index (χ1v) is 35.9. The van der Waals surface area contributed by atoms with Crippen molar-refractivity contribution in [2.24, 2.45) is 0 Å². The number of hydrogen-bond acceptors (Lipinski definition) is 6. The summed E-state index contributed by atoms with van der Waals surface area (Å²) in [5.74, 6) is -0.205. The van der Waals surface area contributed by atoms with Gasteiger partial charge in [0, 0.05) is 6.42 Å². The molecule has 0 spiro atoms. The predicted molar refractivity (Wildman–Crippen MR) is 353 cm³/mol. The molecule has 0 radical (unpaired) electrons. The SMILES string of the molecule is CC/C=C\C/C=C\C/C=C\C/C=C\C/C=C\C/C=C\CCCCCCCCCCC(=O)NC(COP(=O)([O-])OCC[N+](C)(C)C)C(O)/C=C/CCCCCCCCCCCCCCCCCCCCCCCCCCCCCCCC. The number of aliphatic hydroxyl groups is 1. The van der Waals surface area contributed by atoms with Gasteiger partial charge in [-0.05, 0) is 70.6 Å². The van der Waals surface area contributed by atoms with Crippen molar-refractivity contribution in [1.82, 2.24) is 5.32 Å². The zero-order chi connectivity index (χ0) is 59.1. The Morgan fingerprint density at radius 3 is 1.10 bits per heavy atom. The number of carbonyl (C=O) groups excluding carboxylic acids is 1. The van der Waals surface area contributed by atoms with Gasteiger partial charge in [-0.1, -0.05) is 324 Å². The Morgan fingerprint density at radius 1 is 0.444 bits per heavy atom. The molecule has 8 nitrogen and oxygen atoms in total. The molecule has 3 unspecified atom stereocenters. The van der Waals surface area contributed by atoms with Crippen LogP contribution in [0.4, 0.5) is 0 Å². The summed E-state index contributed by atoms with van der Waals surface area (Å²) in [7, 11) is 1.25. The van der Waals surface area contributed by atoms with E-state index in [4.69, 9.17) is 9.05 Å². The lowest BCUT2D eigenvalue weighted by molar-refractivity contribution is -0.870. The molecule has 0 saturated carbocycles. The van der Waals surface area contributed by atoms with Crippen LogP contribution in [-0.2, 0) is 18.4 Å². The molecule has 2 N–H and O–H groups in total. The van der Waals surface area contributed by atoms with Crippen molar-refractivity contribution in [2.75, 3.05) is 40.9 Å². The van der Waals surface area contributed by atoms with Crippen molar-refractivity contribution in [1.29, 1.82) is 0 Å². The van der Waals surface area contributed by atoms with Crippen LogP contribution < -0.4 is 10.2 Å². The van der Waals surface area contributed by atoms with Crippen LogP contribution in [0.3, 0.4) is 0 Å². The first-order valence-electron chi connectivity index (χ1n) is 34.4. The smallest absolute Gasteiger partial charge is 0.268 e. The van der Waals surface area contributed by atoms with Crippen molar-refractivity contribution in [3.05, 3.63) is 85.1 Å². The van der Waals surface area contributed by atoms with Gasteiger partial charge in [0.05, 0.1) is 39.9 Å². The average molecular weight is 1150 g/mol. The standard InChI is InChI=1S/C72H133N2O6P/c1-6-8-10-12-14-16-18-20-22-24-26-28-30-32-34-35-36-37-38-40-41-43-45-47-49-51-53-55-57-59-61-63-65-71(75)70(69-80-81(77,78)79-68-67-74(3,4)5)73-72(76)66-64-62-60-58-56-54-52-50-48-46-44-42-39-33-31-29-27-25-23-21-19-17-15-13-11-9-7-2/h9,11,15,17,21,23,27,29,33,39,44,46,63,65,70-71,75H,6-8,10,12-14,16,18-20,22,24-26,28,30-32,34-38,40-43,45,47-62,64,66-69H2,1-5H3,(H-,73,76,77,78)/b11-9-,17-15-,23-21-,29-27-,39-33-,46-44-,65-63+. The van der Waals surface area contributed by atoms with Crippen LogP contribution in [0, 0.1) is 0 Å². The fourth-order valence-electron chi connectivity index (χ4n) is 10.0. The minimum atomic E-state index is -4.61. The van der Waals surface area contributed by atoms with Gasteiger partial charge in [0.1, 0.15) is 13.2 Å². The number of unbranched alkanes of at least 4 members (excludes halogenated alkanes) is 38. The molecule has 1 amide bonds. The number of nitrogens with zero attached hydrogens (tertiary/aromatic N) is 1. The number of rotatable bonds is 63. The molecule has 0 aromatic carbocycles. The number of phosphoric acid groups is 1. The van der Waals surface area contributed by atoms with Gasteiger partial charge in [0.15, 0.2) is 0 Å². The fourth-order valence-corrected chi connectivity index (χ4v) is 10.8. The summed E-state index contributed by atoms with van der Waals surface area (Å²) in [6.07, 6.45) is 88.4. The highest BCUT2D eigenvalue weighted by atomic mass is 31.2. The highest BCUT2D eigenvalue weighted by molar-refractivity contribution is 7.45. The number of quaternary nitrogens is 1. The van der Waals surface area contributed by atoms with E-state index < -0.39 is 20.0 Å². The molecular weight excluding hydrogens is 1020 g/mol. The van der Waals surface area contributed by atoms with E-state index in [2.05, 4.69) is 92.1 Å². The lowest BCUT2D eigenvalue weighted by Crippen LogP contribution is -2.45. The first-order chi connectivity index (χ1) is 39.5. The zero-order valence-electron chi connectivity index (χ0n) is 54.0. The quantitative estimate of drug-likeness (QED) is 0.0272. The van der Waals surface area contributed by atoms with Gasteiger partial charge in [0.2, 0.25) is 5.91 Å². The summed E-state index contributed by atoms with van der Waals surface area (Å²) in [6.45, 7) is 4.56. The fraction of sp³-hybridized carbons (Fsp3) is 0.792. The molecule has 81 heavy (non-hydrogen) atoms. The van der Waals surface area contributed by atoms with Gasteiger partial charge in [0.25, 0.3) is 7.82 Å². The van der Waals surface area contributed by atoms with Crippen molar-refractivity contribution in [3.63, 3.8) is 0 Å². The lowest BCUT2D eigenvalue weighted by Gasteiger charge is -2.29. The molecule has 9 heteroatoms. The summed E-state index contributed by atoms with van der Waals surface area (Å²) >= 11 is 0. The molecule has 0 aromatic rings. The Bertz CT molecular complexity index is 1600. The number of phosphoric ester groups is 1. The van der Waals surface area contributed by atoms with Gasteiger partial charge in [-0.25, -0.2) is 0 Å². The van der Waals surface area contributed by atoms with Crippen LogP contribution in [0.5, 0.6) is 0 Å². The molecule has 3 atom stereocenters. The number of nitrogens with one attached hydrogen (secondary N) is 1. The van der Waals surface area contributed by atoms with Crippen LogP contribution in [0.1, 0.15) is 316 Å². The van der Waals surface area contributed by atoms with Gasteiger partial charge in [-0.15, -0.1) is 0 Å². The Hall–Kier alpha value is -2.32. The summed E-state index contributed by atoms with van der Waals surface area (Å²) in [5, 5.41) is 14.0. The molecule has 0 saturated heterocycles. The maximum atomic E-state index is 13.0. The van der Waals surface area contributed by atoms with E-state index in [1.54, 1.807) is 6.08 Å². The van der Waals surface area contributed by atoms with E-state index in [0.29, 0.717) is 17.4 Å². The van der Waals surface area contributed by atoms with Crippen molar-refractivity contribution >= 4 is 13.7 Å². The number of aliphatic hydroxyl groups excluding tert-OH is 1. The van der Waals surface area contributed by atoms with Crippen molar-refractivity contribution in [2.45, 2.75) is 328 Å². The van der Waals surface area contributed by atoms with Crippen LogP contribution >= 0.6 is 7.82 Å². The van der Waals surface area contributed by atoms with Gasteiger partial charge < -0.3 is 28.8 Å². The lowest BCUT2D eigenvalue weighted by atomic mass is 10.0. The average Bonchev–Trinajstić information content (AvgIpc) is 3.43. The number of hydrogen-bond donors (Lipinski definition) is 2. The minimum Gasteiger partial charge on any atom is -0.756 e. The number of carbonyl (C=O) groups is 1. The molecule has 0 rings (SSSR count). The molecule has 0 aliphatic heterocycles. The molecule has 0 aliphatic rings. The number of amides is 1. The maximum Gasteiger partial charge on any atom is 0.268 e. The molecule has 0 bridgehead atoms. The summed E-state index contributed by atoms with van der Waals surface area (Å²) in [4.78, 5) is 25.6. The predicted octanol–water partition coefficient (Wildman–Crippen LogP) is 21.3. The Kier molecular flexibility index (Phi) is 60.4. The van der Waals surface area contributed by atoms with E-state index in [1.807, 2.05) is 27.2 Å². The number of allylic oxidation sites excluding steroid dienone is 13. The third kappa shape index (κ3) is 65.1. The third-order valence-corrected chi connectivity index (χ3v) is 16.3. The van der Waals surface area contributed by atoms with E-state index in [-0.39, 0.29) is 19.1 Å². The van der Waals surface area contributed by atoms with E-state index in [0.717, 1.165) is 89.9 Å². The second kappa shape index (κ2) is 62.2. The van der Waals surface area contributed by atoms with E-state index in [1.165, 1.54) is 205 Å². The zero-order valence-corrected chi connectivity index (χ0v) is 54.9. The Balaban J connectivity index is 4.11. The van der Waals surface area contributed by atoms with Crippen LogP contribution in [0.2, 0.25) is 0 Å². The number of likely N-dealkylation sites (N-methyl/N-ethyl adjacent to an activating group) is 1. The monoisotopic (exact) mass is 1150 g/mol. The van der Waals surface area contributed by atoms with Crippen LogP contribution in [0.25, 0.3) is 0 Å². The molecule has 0 fully saturated rings. The topological polar surface area (TPSA) is 108 Å². The highest BCUT2D eigenvalue weighted by Crippen LogP contribution is 2.38. The van der Waals surface area contributed by atoms with Crippen molar-refractivity contribution < 1.29 is 32.9 Å². The molecule has 472 valence electrons. The van der Waals surface area contributed by atoms with Gasteiger partial charge in [-0.3, -0.25) is 9.36 Å². The summed E-state index contributed by atoms with van der Waals surface area (Å²) in [6, 6.07) is -0.899. The van der Waals surface area contributed by atoms with Crippen LogP contribution in [0.15, 0.2) is 85.1 Å².